The van der Waals surface area contributed by atoms with Gasteiger partial charge in [0.2, 0.25) is 5.91 Å². The summed E-state index contributed by atoms with van der Waals surface area (Å²) in [5, 5.41) is 2.76. The number of hydrogen-bond donors (Lipinski definition) is 1. The van der Waals surface area contributed by atoms with Gasteiger partial charge in [-0.1, -0.05) is 18.2 Å². The van der Waals surface area contributed by atoms with Crippen molar-refractivity contribution in [1.82, 2.24) is 0 Å². The van der Waals surface area contributed by atoms with Crippen molar-refractivity contribution in [2.75, 3.05) is 18.5 Å². The van der Waals surface area contributed by atoms with Crippen molar-refractivity contribution in [3.8, 4) is 5.75 Å². The summed E-state index contributed by atoms with van der Waals surface area (Å²) in [6.07, 6.45) is 0.219. The van der Waals surface area contributed by atoms with Crippen LogP contribution < -0.4 is 10.1 Å². The summed E-state index contributed by atoms with van der Waals surface area (Å²) < 4.78 is 10.6. The molecule has 5 nitrogen and oxygen atoms in total. The molecule has 0 bridgehead atoms. The lowest BCUT2D eigenvalue weighted by molar-refractivity contribution is -0.116. The summed E-state index contributed by atoms with van der Waals surface area (Å²) in [5.74, 6) is 0.209. The molecule has 2 aromatic carbocycles. The van der Waals surface area contributed by atoms with Crippen molar-refractivity contribution in [3.05, 3.63) is 59.2 Å². The van der Waals surface area contributed by atoms with Crippen molar-refractivity contribution in [3.63, 3.8) is 0 Å². The largest absolute Gasteiger partial charge is 0.493 e. The maximum absolute atomic E-state index is 12.1. The van der Waals surface area contributed by atoms with E-state index in [1.54, 1.807) is 31.2 Å². The van der Waals surface area contributed by atoms with Gasteiger partial charge in [0, 0.05) is 5.69 Å². The highest BCUT2D eigenvalue weighted by atomic mass is 16.5. The van der Waals surface area contributed by atoms with Gasteiger partial charge in [-0.2, -0.15) is 0 Å². The molecule has 1 N–H and O–H groups in total. The van der Waals surface area contributed by atoms with E-state index in [1.807, 2.05) is 32.0 Å². The lowest BCUT2D eigenvalue weighted by atomic mass is 10.1. The standard InChI is InChI=1S/C20H23NO4/c1-4-24-20(23)16-8-6-9-17(13-16)21-19(22)11-12-25-18-10-5-7-14(2)15(18)3/h5-10,13H,4,11-12H2,1-3H3,(H,21,22). The molecule has 0 spiro atoms. The van der Waals surface area contributed by atoms with Crippen molar-refractivity contribution in [1.29, 1.82) is 0 Å². The Bertz CT molecular complexity index is 755. The Labute approximate surface area is 148 Å². The highest BCUT2D eigenvalue weighted by Crippen LogP contribution is 2.20. The molecule has 0 saturated heterocycles. The molecule has 0 aromatic heterocycles. The summed E-state index contributed by atoms with van der Waals surface area (Å²) in [6, 6.07) is 12.5. The normalized spacial score (nSPS) is 10.2. The first-order chi connectivity index (χ1) is 12.0. The number of ether oxygens (including phenoxy) is 2. The Kier molecular flexibility index (Phi) is 6.57. The number of nitrogens with one attached hydrogen (secondary N) is 1. The zero-order valence-electron chi connectivity index (χ0n) is 14.8. The Morgan fingerprint density at radius 1 is 1.08 bits per heavy atom. The lowest BCUT2D eigenvalue weighted by Crippen LogP contribution is -2.16. The number of carbonyl (C=O) groups excluding carboxylic acids is 2. The molecule has 0 atom stereocenters. The van der Waals surface area contributed by atoms with Gasteiger partial charge in [0.05, 0.1) is 25.2 Å². The van der Waals surface area contributed by atoms with E-state index in [1.165, 1.54) is 0 Å². The summed E-state index contributed by atoms with van der Waals surface area (Å²) in [6.45, 7) is 6.36. The zero-order valence-corrected chi connectivity index (χ0v) is 14.8. The minimum Gasteiger partial charge on any atom is -0.493 e. The van der Waals surface area contributed by atoms with E-state index in [0.717, 1.165) is 16.9 Å². The van der Waals surface area contributed by atoms with E-state index in [9.17, 15) is 9.59 Å². The Morgan fingerprint density at radius 2 is 1.84 bits per heavy atom. The zero-order chi connectivity index (χ0) is 18.2. The molecular formula is C20H23NO4. The third kappa shape index (κ3) is 5.35. The second-order valence-corrected chi connectivity index (χ2v) is 5.65. The van der Waals surface area contributed by atoms with Gasteiger partial charge in [0.25, 0.3) is 0 Å². The molecule has 0 radical (unpaired) electrons. The molecular weight excluding hydrogens is 318 g/mol. The molecule has 0 unspecified atom stereocenters. The minimum absolute atomic E-state index is 0.175. The molecule has 0 saturated carbocycles. The second kappa shape index (κ2) is 8.87. The first-order valence-electron chi connectivity index (χ1n) is 8.27. The number of hydrogen-bond acceptors (Lipinski definition) is 4. The second-order valence-electron chi connectivity index (χ2n) is 5.65. The lowest BCUT2D eigenvalue weighted by Gasteiger charge is -2.11. The van der Waals surface area contributed by atoms with E-state index >= 15 is 0 Å². The van der Waals surface area contributed by atoms with Crippen LogP contribution in [0.4, 0.5) is 5.69 Å². The predicted octanol–water partition coefficient (Wildman–Crippen LogP) is 3.89. The fourth-order valence-electron chi connectivity index (χ4n) is 2.30. The molecule has 5 heteroatoms. The predicted molar refractivity (Wildman–Crippen MR) is 97.1 cm³/mol. The van der Waals surface area contributed by atoms with Crippen LogP contribution in [0.3, 0.4) is 0 Å². The summed E-state index contributed by atoms with van der Waals surface area (Å²) in [5.41, 5.74) is 3.19. The van der Waals surface area contributed by atoms with Crippen molar-refractivity contribution >= 4 is 17.6 Å². The van der Waals surface area contributed by atoms with Gasteiger partial charge in [-0.15, -0.1) is 0 Å². The highest BCUT2D eigenvalue weighted by molar-refractivity contribution is 5.94. The highest BCUT2D eigenvalue weighted by Gasteiger charge is 2.09. The maximum Gasteiger partial charge on any atom is 0.338 e. The number of carbonyl (C=O) groups is 2. The van der Waals surface area contributed by atoms with Crippen LogP contribution in [0.1, 0.15) is 34.8 Å². The molecule has 0 aliphatic carbocycles. The molecule has 0 fully saturated rings. The van der Waals surface area contributed by atoms with Gasteiger partial charge < -0.3 is 14.8 Å². The average molecular weight is 341 g/mol. The number of amides is 1. The van der Waals surface area contributed by atoms with Gasteiger partial charge in [-0.3, -0.25) is 4.79 Å². The molecule has 1 amide bonds. The first kappa shape index (κ1) is 18.5. The van der Waals surface area contributed by atoms with Crippen LogP contribution in [0.15, 0.2) is 42.5 Å². The van der Waals surface area contributed by atoms with E-state index in [4.69, 9.17) is 9.47 Å². The van der Waals surface area contributed by atoms with Gasteiger partial charge in [0.15, 0.2) is 0 Å². The molecule has 2 rings (SSSR count). The number of anilines is 1. The Morgan fingerprint density at radius 3 is 2.60 bits per heavy atom. The summed E-state index contributed by atoms with van der Waals surface area (Å²) in [7, 11) is 0. The van der Waals surface area contributed by atoms with E-state index in [-0.39, 0.29) is 18.9 Å². The van der Waals surface area contributed by atoms with E-state index < -0.39 is 5.97 Å². The number of esters is 1. The van der Waals surface area contributed by atoms with Gasteiger partial charge in [-0.05, 0) is 56.2 Å². The van der Waals surface area contributed by atoms with Crippen molar-refractivity contribution in [2.45, 2.75) is 27.2 Å². The van der Waals surface area contributed by atoms with Crippen LogP contribution in [-0.4, -0.2) is 25.1 Å². The van der Waals surface area contributed by atoms with Crippen LogP contribution in [-0.2, 0) is 9.53 Å². The van der Waals surface area contributed by atoms with Crippen LogP contribution in [0, 0.1) is 13.8 Å². The number of aryl methyl sites for hydroxylation is 1. The van der Waals surface area contributed by atoms with Crippen LogP contribution >= 0.6 is 0 Å². The summed E-state index contributed by atoms with van der Waals surface area (Å²) in [4.78, 5) is 23.8. The topological polar surface area (TPSA) is 64.6 Å². The number of rotatable bonds is 7. The van der Waals surface area contributed by atoms with Gasteiger partial charge >= 0.3 is 5.97 Å². The smallest absolute Gasteiger partial charge is 0.338 e. The third-order valence-corrected chi connectivity index (χ3v) is 3.80. The molecule has 0 aliphatic heterocycles. The molecule has 25 heavy (non-hydrogen) atoms. The van der Waals surface area contributed by atoms with Crippen LogP contribution in [0.5, 0.6) is 5.75 Å². The number of benzene rings is 2. The van der Waals surface area contributed by atoms with Gasteiger partial charge in [-0.25, -0.2) is 4.79 Å². The fourth-order valence-corrected chi connectivity index (χ4v) is 2.30. The van der Waals surface area contributed by atoms with Crippen LogP contribution in [0.2, 0.25) is 0 Å². The molecule has 0 heterocycles. The monoisotopic (exact) mass is 341 g/mol. The third-order valence-electron chi connectivity index (χ3n) is 3.80. The average Bonchev–Trinajstić information content (AvgIpc) is 2.59. The van der Waals surface area contributed by atoms with Crippen LogP contribution in [0.25, 0.3) is 0 Å². The van der Waals surface area contributed by atoms with Crippen molar-refractivity contribution < 1.29 is 19.1 Å². The SMILES string of the molecule is CCOC(=O)c1cccc(NC(=O)CCOc2cccc(C)c2C)c1. The molecule has 0 aliphatic rings. The minimum atomic E-state index is -0.406. The Balaban J connectivity index is 1.87. The van der Waals surface area contributed by atoms with Gasteiger partial charge in [0.1, 0.15) is 5.75 Å². The van der Waals surface area contributed by atoms with Crippen molar-refractivity contribution in [2.24, 2.45) is 0 Å². The van der Waals surface area contributed by atoms with E-state index in [2.05, 4.69) is 5.32 Å². The Hall–Kier alpha value is -2.82. The first-order valence-corrected chi connectivity index (χ1v) is 8.27. The fraction of sp³-hybridized carbons (Fsp3) is 0.300. The van der Waals surface area contributed by atoms with E-state index in [0.29, 0.717) is 17.9 Å². The molecule has 2 aromatic rings. The maximum atomic E-state index is 12.1. The quantitative estimate of drug-likeness (QED) is 0.776. The summed E-state index contributed by atoms with van der Waals surface area (Å²) >= 11 is 0. The molecule has 132 valence electrons.